The molecule has 2 aromatic rings. The van der Waals surface area contributed by atoms with Gasteiger partial charge in [-0.15, -0.1) is 0 Å². The Kier molecular flexibility index (Phi) is 2.54. The number of benzene rings is 1. The van der Waals surface area contributed by atoms with Crippen molar-refractivity contribution in [2.45, 2.75) is 0 Å². The summed E-state index contributed by atoms with van der Waals surface area (Å²) in [5.74, 6) is -1.38. The summed E-state index contributed by atoms with van der Waals surface area (Å²) in [7, 11) is 0. The molecule has 80 valence electrons. The third-order valence-corrected chi connectivity index (χ3v) is 3.04. The van der Waals surface area contributed by atoms with Gasteiger partial charge in [-0.2, -0.15) is 0 Å². The summed E-state index contributed by atoms with van der Waals surface area (Å²) in [6.45, 7) is 0. The van der Waals surface area contributed by atoms with Crippen LogP contribution in [0, 0.1) is 0 Å². The Morgan fingerprint density at radius 2 is 1.88 bits per heavy atom. The number of hydrogen-bond donors (Lipinski definition) is 1. The molecule has 4 nitrogen and oxygen atoms in total. The quantitative estimate of drug-likeness (QED) is 0.755. The highest BCUT2D eigenvalue weighted by atomic mass is 32.1. The molecule has 0 fully saturated rings. The van der Waals surface area contributed by atoms with Gasteiger partial charge in [-0.3, -0.25) is 9.59 Å². The van der Waals surface area contributed by atoms with Crippen LogP contribution in [0.5, 0.6) is 0 Å². The highest BCUT2D eigenvalue weighted by molar-refractivity contribution is 7.16. The van der Waals surface area contributed by atoms with Crippen molar-refractivity contribution in [2.24, 2.45) is 0 Å². The highest BCUT2D eigenvalue weighted by Gasteiger charge is 2.10. The molecule has 0 saturated heterocycles. The fourth-order valence-corrected chi connectivity index (χ4v) is 2.12. The van der Waals surface area contributed by atoms with Crippen molar-refractivity contribution in [2.75, 3.05) is 0 Å². The number of rotatable bonds is 1. The van der Waals surface area contributed by atoms with Crippen LogP contribution in [0.25, 0.3) is 10.1 Å². The number of carbonyl (C=O) groups is 1. The van der Waals surface area contributed by atoms with Crippen molar-refractivity contribution in [1.82, 2.24) is 0 Å². The summed E-state index contributed by atoms with van der Waals surface area (Å²) in [6, 6.07) is 8.01. The van der Waals surface area contributed by atoms with Crippen molar-refractivity contribution in [3.05, 3.63) is 55.7 Å². The molecule has 0 bridgehead atoms. The van der Waals surface area contributed by atoms with Crippen LogP contribution in [-0.4, -0.2) is 11.1 Å². The SMILES string of the molecule is O=C(O)c1cc2ccccc2sc(=O)c1=O. The van der Waals surface area contributed by atoms with Crippen LogP contribution in [-0.2, 0) is 0 Å². The maximum Gasteiger partial charge on any atom is 0.339 e. The number of aromatic carboxylic acids is 1. The van der Waals surface area contributed by atoms with E-state index < -0.39 is 21.7 Å². The Balaban J connectivity index is 3.06. The zero-order valence-electron chi connectivity index (χ0n) is 7.97. The van der Waals surface area contributed by atoms with Gasteiger partial charge < -0.3 is 5.11 Å². The Hall–Kier alpha value is -2.01. The summed E-state index contributed by atoms with van der Waals surface area (Å²) in [5.41, 5.74) is -1.45. The van der Waals surface area contributed by atoms with Crippen molar-refractivity contribution < 1.29 is 9.90 Å². The molecule has 16 heavy (non-hydrogen) atoms. The molecule has 0 aliphatic carbocycles. The minimum atomic E-state index is -1.38. The van der Waals surface area contributed by atoms with Gasteiger partial charge in [-0.1, -0.05) is 29.5 Å². The van der Waals surface area contributed by atoms with Crippen molar-refractivity contribution >= 4 is 27.4 Å². The maximum atomic E-state index is 11.4. The summed E-state index contributed by atoms with van der Waals surface area (Å²) in [6.07, 6.45) is 0. The van der Waals surface area contributed by atoms with Crippen LogP contribution >= 0.6 is 11.3 Å². The molecule has 0 spiro atoms. The summed E-state index contributed by atoms with van der Waals surface area (Å²) in [5, 5.41) is 9.40. The second-order valence-corrected chi connectivity index (χ2v) is 4.13. The lowest BCUT2D eigenvalue weighted by atomic mass is 10.2. The first-order chi connectivity index (χ1) is 7.59. The van der Waals surface area contributed by atoms with E-state index in [1.165, 1.54) is 6.07 Å². The minimum absolute atomic E-state index is 0.484. The molecule has 1 heterocycles. The van der Waals surface area contributed by atoms with Crippen molar-refractivity contribution in [3.8, 4) is 0 Å². The fraction of sp³-hybridized carbons (Fsp3) is 0. The van der Waals surface area contributed by atoms with Crippen LogP contribution in [0.4, 0.5) is 0 Å². The van der Waals surface area contributed by atoms with Gasteiger partial charge in [0.15, 0.2) is 0 Å². The van der Waals surface area contributed by atoms with Gasteiger partial charge in [-0.25, -0.2) is 4.79 Å². The monoisotopic (exact) mass is 234 g/mol. The standard InChI is InChI=1S/C11H6O4S/c12-9-7(10(13)14)5-6-3-1-2-4-8(6)16-11(9)15/h1-5H,(H,13,14). The van der Waals surface area contributed by atoms with E-state index in [0.717, 1.165) is 11.3 Å². The average molecular weight is 234 g/mol. The molecular weight excluding hydrogens is 228 g/mol. The molecule has 0 radical (unpaired) electrons. The zero-order valence-corrected chi connectivity index (χ0v) is 8.78. The van der Waals surface area contributed by atoms with Gasteiger partial charge in [0.25, 0.3) is 10.2 Å². The number of fused-ring (bicyclic) bond motifs is 1. The number of carboxylic acids is 1. The van der Waals surface area contributed by atoms with Crippen LogP contribution < -0.4 is 10.2 Å². The largest absolute Gasteiger partial charge is 0.478 e. The highest BCUT2D eigenvalue weighted by Crippen LogP contribution is 2.14. The molecule has 0 aliphatic heterocycles. The molecule has 5 heteroatoms. The summed E-state index contributed by atoms with van der Waals surface area (Å²) in [4.78, 5) is 33.7. The van der Waals surface area contributed by atoms with Crippen LogP contribution in [0.3, 0.4) is 0 Å². The first-order valence-electron chi connectivity index (χ1n) is 4.40. The third-order valence-electron chi connectivity index (χ3n) is 2.08. The smallest absolute Gasteiger partial charge is 0.339 e. The first kappa shape index (κ1) is 10.5. The lowest BCUT2D eigenvalue weighted by Gasteiger charge is -1.89. The Morgan fingerprint density at radius 1 is 1.19 bits per heavy atom. The van der Waals surface area contributed by atoms with Crippen LogP contribution in [0.15, 0.2) is 39.9 Å². The van der Waals surface area contributed by atoms with Gasteiger partial charge in [-0.05, 0) is 17.5 Å². The van der Waals surface area contributed by atoms with Gasteiger partial charge in [0.05, 0.1) is 0 Å². The third kappa shape index (κ3) is 1.72. The Labute approximate surface area is 93.4 Å². The van der Waals surface area contributed by atoms with E-state index in [-0.39, 0.29) is 0 Å². The molecule has 1 aromatic heterocycles. The molecule has 1 aromatic carbocycles. The Morgan fingerprint density at radius 3 is 2.56 bits per heavy atom. The van der Waals surface area contributed by atoms with Gasteiger partial charge >= 0.3 is 5.97 Å². The van der Waals surface area contributed by atoms with E-state index >= 15 is 0 Å². The second kappa shape index (κ2) is 3.86. The van der Waals surface area contributed by atoms with E-state index in [1.807, 2.05) is 0 Å². The average Bonchev–Trinajstić information content (AvgIpc) is 2.37. The molecule has 1 N–H and O–H groups in total. The zero-order chi connectivity index (χ0) is 11.7. The molecular formula is C11H6O4S. The first-order valence-corrected chi connectivity index (χ1v) is 5.22. The van der Waals surface area contributed by atoms with Gasteiger partial charge in [0.2, 0.25) is 0 Å². The van der Waals surface area contributed by atoms with Gasteiger partial charge in [0, 0.05) is 4.70 Å². The topological polar surface area (TPSA) is 71.4 Å². The summed E-state index contributed by atoms with van der Waals surface area (Å²) >= 11 is 0.758. The van der Waals surface area contributed by atoms with E-state index in [0.29, 0.717) is 10.1 Å². The minimum Gasteiger partial charge on any atom is -0.478 e. The van der Waals surface area contributed by atoms with E-state index in [2.05, 4.69) is 0 Å². The fourth-order valence-electron chi connectivity index (χ4n) is 1.33. The Bertz CT molecular complexity index is 687. The van der Waals surface area contributed by atoms with E-state index in [1.54, 1.807) is 24.3 Å². The molecule has 0 aliphatic rings. The predicted octanol–water partition coefficient (Wildman–Crippen LogP) is 1.32. The number of carboxylic acid groups (broad SMARTS) is 1. The van der Waals surface area contributed by atoms with Crippen molar-refractivity contribution in [1.29, 1.82) is 0 Å². The molecule has 0 saturated carbocycles. The number of hydrogen-bond acceptors (Lipinski definition) is 4. The lowest BCUT2D eigenvalue weighted by molar-refractivity contribution is 0.0695. The normalized spacial score (nSPS) is 10.2. The van der Waals surface area contributed by atoms with Crippen molar-refractivity contribution in [3.63, 3.8) is 0 Å². The molecule has 0 unspecified atom stereocenters. The van der Waals surface area contributed by atoms with E-state index in [4.69, 9.17) is 5.11 Å². The van der Waals surface area contributed by atoms with Crippen LogP contribution in [0.1, 0.15) is 10.4 Å². The van der Waals surface area contributed by atoms with E-state index in [9.17, 15) is 14.4 Å². The maximum absolute atomic E-state index is 11.4. The summed E-state index contributed by atoms with van der Waals surface area (Å²) < 4.78 is -0.171. The second-order valence-electron chi connectivity index (χ2n) is 3.12. The molecule has 2 rings (SSSR count). The lowest BCUT2D eigenvalue weighted by Crippen LogP contribution is -2.24. The van der Waals surface area contributed by atoms with Gasteiger partial charge in [0.1, 0.15) is 5.56 Å². The van der Waals surface area contributed by atoms with Crippen LogP contribution in [0.2, 0.25) is 0 Å². The molecule has 0 atom stereocenters. The molecule has 0 amide bonds. The predicted molar refractivity (Wildman–Crippen MR) is 61.3 cm³/mol.